The van der Waals surface area contributed by atoms with Gasteiger partial charge in [-0.1, -0.05) is 0 Å². The molecule has 2 aromatic rings. The van der Waals surface area contributed by atoms with Crippen molar-refractivity contribution in [2.75, 3.05) is 10.0 Å². The Balaban J connectivity index is 1.99. The predicted molar refractivity (Wildman–Crippen MR) is 109 cm³/mol. The van der Waals surface area contributed by atoms with E-state index in [1.807, 2.05) is 22.6 Å². The van der Waals surface area contributed by atoms with Gasteiger partial charge in [0.05, 0.1) is 16.7 Å². The van der Waals surface area contributed by atoms with Crippen LogP contribution in [0.4, 0.5) is 30.2 Å². The zero-order valence-corrected chi connectivity index (χ0v) is 17.5. The maximum absolute atomic E-state index is 14.4. The van der Waals surface area contributed by atoms with Gasteiger partial charge in [-0.2, -0.15) is 8.42 Å². The summed E-state index contributed by atoms with van der Waals surface area (Å²) in [7, 11) is -4.07. The second kappa shape index (κ2) is 7.80. The smallest absolute Gasteiger partial charge is 0.324 e. The fraction of sp³-hybridized carbons (Fsp3) is 0.125. The van der Waals surface area contributed by atoms with Crippen LogP contribution < -0.4 is 10.0 Å². The van der Waals surface area contributed by atoms with Crippen LogP contribution in [0.15, 0.2) is 41.9 Å². The number of thioether (sulfide) groups is 1. The van der Waals surface area contributed by atoms with Crippen LogP contribution in [0.1, 0.15) is 6.92 Å². The van der Waals surface area contributed by atoms with Crippen molar-refractivity contribution >= 4 is 61.6 Å². The summed E-state index contributed by atoms with van der Waals surface area (Å²) in [6.45, 7) is 1.68. The highest BCUT2D eigenvalue weighted by Gasteiger charge is 2.29. The minimum Gasteiger partial charge on any atom is -0.349 e. The number of benzene rings is 2. The second-order valence-corrected chi connectivity index (χ2v) is 9.54. The third kappa shape index (κ3) is 4.29. The molecule has 0 aliphatic carbocycles. The van der Waals surface area contributed by atoms with Gasteiger partial charge in [-0.05, 0) is 65.3 Å². The molecule has 0 saturated carbocycles. The van der Waals surface area contributed by atoms with E-state index in [1.165, 1.54) is 30.1 Å². The lowest BCUT2D eigenvalue weighted by Gasteiger charge is -2.23. The lowest BCUT2D eigenvalue weighted by Crippen LogP contribution is -2.34. The van der Waals surface area contributed by atoms with Crippen LogP contribution in [0.25, 0.3) is 0 Å². The first-order valence-electron chi connectivity index (χ1n) is 7.52. The quantitative estimate of drug-likeness (QED) is 0.539. The third-order valence-corrected chi connectivity index (χ3v) is 6.82. The lowest BCUT2D eigenvalue weighted by atomic mass is 10.2. The normalized spacial score (nSPS) is 16.6. The van der Waals surface area contributed by atoms with Crippen molar-refractivity contribution in [3.8, 4) is 0 Å². The van der Waals surface area contributed by atoms with Gasteiger partial charge >= 0.3 is 10.2 Å². The van der Waals surface area contributed by atoms with E-state index < -0.39 is 38.7 Å². The molecule has 2 N–H and O–H groups in total. The molecule has 0 fully saturated rings. The Bertz CT molecular complexity index is 1020. The van der Waals surface area contributed by atoms with Crippen molar-refractivity contribution in [1.82, 2.24) is 4.31 Å². The molecule has 1 atom stereocenters. The van der Waals surface area contributed by atoms with Gasteiger partial charge in [-0.15, -0.1) is 11.8 Å². The van der Waals surface area contributed by atoms with E-state index in [4.69, 9.17) is 0 Å². The predicted octanol–water partition coefficient (Wildman–Crippen LogP) is 4.97. The minimum absolute atomic E-state index is 0.120. The zero-order valence-electron chi connectivity index (χ0n) is 13.7. The molecule has 5 nitrogen and oxygen atoms in total. The zero-order chi connectivity index (χ0) is 19.8. The monoisotopic (exact) mass is 527 g/mol. The molecular weight excluding hydrogens is 514 g/mol. The number of anilines is 3. The van der Waals surface area contributed by atoms with E-state index in [2.05, 4.69) is 10.0 Å². The first kappa shape index (κ1) is 20.1. The number of rotatable bonds is 5. The summed E-state index contributed by atoms with van der Waals surface area (Å²) in [5.74, 6) is -3.21. The van der Waals surface area contributed by atoms with Crippen molar-refractivity contribution in [2.45, 2.75) is 12.3 Å². The van der Waals surface area contributed by atoms with Crippen molar-refractivity contribution in [3.05, 3.63) is 63.0 Å². The Labute approximate surface area is 172 Å². The summed E-state index contributed by atoms with van der Waals surface area (Å²) >= 11 is 3.19. The summed E-state index contributed by atoms with van der Waals surface area (Å²) in [6.07, 6.45) is 1.36. The van der Waals surface area contributed by atoms with Gasteiger partial charge in [0, 0.05) is 9.77 Å². The molecule has 0 bridgehead atoms. The Morgan fingerprint density at radius 2 is 1.81 bits per heavy atom. The van der Waals surface area contributed by atoms with E-state index in [9.17, 15) is 21.6 Å². The highest BCUT2D eigenvalue weighted by atomic mass is 127. The Hall–Kier alpha value is -1.60. The summed E-state index contributed by atoms with van der Waals surface area (Å²) < 4.78 is 71.2. The first-order valence-corrected chi connectivity index (χ1v) is 11.0. The molecule has 0 aromatic heterocycles. The van der Waals surface area contributed by atoms with Crippen LogP contribution in [0, 0.1) is 21.0 Å². The first-order chi connectivity index (χ1) is 12.7. The molecule has 1 aliphatic rings. The Morgan fingerprint density at radius 1 is 1.11 bits per heavy atom. The van der Waals surface area contributed by atoms with Crippen LogP contribution in [0.5, 0.6) is 0 Å². The highest BCUT2D eigenvalue weighted by molar-refractivity contribution is 14.1. The summed E-state index contributed by atoms with van der Waals surface area (Å²) in [4.78, 5) is 0. The number of nitrogens with one attached hydrogen (secondary N) is 2. The summed E-state index contributed by atoms with van der Waals surface area (Å²) in [5, 5.41) is 3.66. The molecule has 1 heterocycles. The topological polar surface area (TPSA) is 61.4 Å². The number of hydrogen-bond acceptors (Lipinski definition) is 4. The average Bonchev–Trinajstić information content (AvgIpc) is 3.03. The molecule has 0 saturated heterocycles. The fourth-order valence-electron chi connectivity index (χ4n) is 2.34. The third-order valence-electron chi connectivity index (χ3n) is 3.64. The molecule has 1 unspecified atom stereocenters. The van der Waals surface area contributed by atoms with Crippen LogP contribution in [0.2, 0.25) is 0 Å². The standard InChI is InChI=1S/C16H13F3IN3O2S2/c1-9-23(6-7-26-9)27(24,25)22-14-5-3-11(17)15(19)16(14)21-13-4-2-10(20)8-12(13)18/h2-9,21-22H,1H3. The number of halogens is 4. The van der Waals surface area contributed by atoms with Gasteiger partial charge < -0.3 is 5.32 Å². The minimum atomic E-state index is -4.07. The Kier molecular flexibility index (Phi) is 5.82. The molecule has 2 aromatic carbocycles. The van der Waals surface area contributed by atoms with Crippen LogP contribution in [-0.4, -0.2) is 18.1 Å². The molecule has 0 amide bonds. The second-order valence-electron chi connectivity index (χ2n) is 5.49. The molecule has 3 rings (SSSR count). The van der Waals surface area contributed by atoms with Crippen molar-refractivity contribution in [3.63, 3.8) is 0 Å². The van der Waals surface area contributed by atoms with Gasteiger partial charge in [-0.3, -0.25) is 4.72 Å². The van der Waals surface area contributed by atoms with Gasteiger partial charge in [0.15, 0.2) is 11.6 Å². The van der Waals surface area contributed by atoms with Crippen molar-refractivity contribution < 1.29 is 21.6 Å². The van der Waals surface area contributed by atoms with E-state index in [0.717, 1.165) is 16.4 Å². The number of hydrogen-bond donors (Lipinski definition) is 2. The van der Waals surface area contributed by atoms with Gasteiger partial charge in [0.1, 0.15) is 11.5 Å². The molecule has 1 aliphatic heterocycles. The van der Waals surface area contributed by atoms with Gasteiger partial charge in [0.25, 0.3) is 0 Å². The molecule has 27 heavy (non-hydrogen) atoms. The summed E-state index contributed by atoms with van der Waals surface area (Å²) in [5.41, 5.74) is -0.878. The van der Waals surface area contributed by atoms with E-state index in [-0.39, 0.29) is 11.4 Å². The molecule has 11 heteroatoms. The maximum Gasteiger partial charge on any atom is 0.324 e. The molecular formula is C16H13F3IN3O2S2. The van der Waals surface area contributed by atoms with E-state index in [0.29, 0.717) is 3.57 Å². The SMILES string of the molecule is CC1SC=CN1S(=O)(=O)Nc1ccc(F)c(F)c1Nc1ccc(I)cc1F. The molecule has 0 radical (unpaired) electrons. The highest BCUT2D eigenvalue weighted by Crippen LogP contribution is 2.34. The van der Waals surface area contributed by atoms with Crippen LogP contribution in [0.3, 0.4) is 0 Å². The van der Waals surface area contributed by atoms with Crippen LogP contribution >= 0.6 is 34.4 Å². The van der Waals surface area contributed by atoms with Gasteiger partial charge in [0.2, 0.25) is 0 Å². The Morgan fingerprint density at radius 3 is 2.44 bits per heavy atom. The number of nitrogens with zero attached hydrogens (tertiary/aromatic N) is 1. The largest absolute Gasteiger partial charge is 0.349 e. The molecule has 144 valence electrons. The van der Waals surface area contributed by atoms with E-state index >= 15 is 0 Å². The van der Waals surface area contributed by atoms with E-state index in [1.54, 1.807) is 18.4 Å². The lowest BCUT2D eigenvalue weighted by molar-refractivity contribution is 0.504. The maximum atomic E-state index is 14.4. The molecule has 0 spiro atoms. The fourth-order valence-corrected chi connectivity index (χ4v) is 5.14. The van der Waals surface area contributed by atoms with Crippen molar-refractivity contribution in [1.29, 1.82) is 0 Å². The summed E-state index contributed by atoms with van der Waals surface area (Å²) in [6, 6.07) is 5.99. The average molecular weight is 527 g/mol. The van der Waals surface area contributed by atoms with Gasteiger partial charge in [-0.25, -0.2) is 17.5 Å². The van der Waals surface area contributed by atoms with Crippen LogP contribution in [-0.2, 0) is 10.2 Å². The van der Waals surface area contributed by atoms with Crippen molar-refractivity contribution in [2.24, 2.45) is 0 Å².